The highest BCUT2D eigenvalue weighted by Crippen LogP contribution is 2.21. The van der Waals surface area contributed by atoms with Gasteiger partial charge in [0.2, 0.25) is 0 Å². The molecule has 0 saturated heterocycles. The Bertz CT molecular complexity index is 799. The van der Waals surface area contributed by atoms with E-state index >= 15 is 0 Å². The van der Waals surface area contributed by atoms with E-state index in [-0.39, 0.29) is 5.91 Å². The predicted molar refractivity (Wildman–Crippen MR) is 90.6 cm³/mol. The third-order valence-electron chi connectivity index (χ3n) is 3.44. The fourth-order valence-electron chi connectivity index (χ4n) is 2.28. The molecule has 0 radical (unpaired) electrons. The molecule has 0 aliphatic carbocycles. The normalized spacial score (nSPS) is 10.1. The van der Waals surface area contributed by atoms with Crippen LogP contribution in [-0.4, -0.2) is 18.0 Å². The minimum atomic E-state index is -0.225. The molecule has 1 N–H and O–H groups in total. The number of rotatable bonds is 4. The Morgan fingerprint density at radius 3 is 2.39 bits per heavy atom. The van der Waals surface area contributed by atoms with E-state index in [0.717, 1.165) is 11.3 Å². The number of hydrogen-bond donors (Lipinski definition) is 1. The van der Waals surface area contributed by atoms with Crippen molar-refractivity contribution in [2.45, 2.75) is 0 Å². The van der Waals surface area contributed by atoms with E-state index in [1.54, 1.807) is 31.5 Å². The lowest BCUT2D eigenvalue weighted by molar-refractivity contribution is 0.102. The van der Waals surface area contributed by atoms with Crippen molar-refractivity contribution in [3.8, 4) is 17.0 Å². The maximum absolute atomic E-state index is 12.3. The second-order valence-electron chi connectivity index (χ2n) is 4.95. The lowest BCUT2D eigenvalue weighted by Gasteiger charge is -2.09. The Kier molecular flexibility index (Phi) is 4.34. The maximum atomic E-state index is 12.3. The van der Waals surface area contributed by atoms with Gasteiger partial charge >= 0.3 is 0 Å². The molecule has 114 valence electrons. The van der Waals surface area contributed by atoms with Crippen molar-refractivity contribution in [2.75, 3.05) is 12.4 Å². The molecule has 0 bridgehead atoms. The van der Waals surface area contributed by atoms with Gasteiger partial charge in [0, 0.05) is 5.56 Å². The molecule has 0 unspecified atom stereocenters. The van der Waals surface area contributed by atoms with Crippen LogP contribution >= 0.6 is 0 Å². The highest BCUT2D eigenvalue weighted by atomic mass is 16.5. The largest absolute Gasteiger partial charge is 0.496 e. The summed E-state index contributed by atoms with van der Waals surface area (Å²) in [5, 5.41) is 2.83. The van der Waals surface area contributed by atoms with E-state index < -0.39 is 0 Å². The minimum absolute atomic E-state index is 0.225. The monoisotopic (exact) mass is 304 g/mol. The topological polar surface area (TPSA) is 51.2 Å². The number of nitrogens with one attached hydrogen (secondary N) is 1. The van der Waals surface area contributed by atoms with E-state index in [0.29, 0.717) is 17.0 Å². The summed E-state index contributed by atoms with van der Waals surface area (Å²) in [4.78, 5) is 16.7. The van der Waals surface area contributed by atoms with Gasteiger partial charge in [0.15, 0.2) is 0 Å². The zero-order valence-electron chi connectivity index (χ0n) is 12.7. The lowest BCUT2D eigenvalue weighted by atomic mass is 10.1. The standard InChI is InChI=1S/C19H16N2O2/c1-23-18-10-6-5-9-16(18)19(22)21-15-11-12-17(20-13-15)14-7-3-2-4-8-14/h2-13H,1H3,(H,21,22). The van der Waals surface area contributed by atoms with Crippen LogP contribution in [0, 0.1) is 0 Å². The number of pyridine rings is 1. The maximum Gasteiger partial charge on any atom is 0.259 e. The van der Waals surface area contributed by atoms with Gasteiger partial charge in [-0.2, -0.15) is 0 Å². The molecule has 4 heteroatoms. The average molecular weight is 304 g/mol. The second-order valence-corrected chi connectivity index (χ2v) is 4.95. The van der Waals surface area contributed by atoms with Gasteiger partial charge in [0.1, 0.15) is 5.75 Å². The van der Waals surface area contributed by atoms with Crippen LogP contribution < -0.4 is 10.1 Å². The number of benzene rings is 2. The van der Waals surface area contributed by atoms with Crippen LogP contribution in [0.3, 0.4) is 0 Å². The number of anilines is 1. The molecule has 1 amide bonds. The van der Waals surface area contributed by atoms with E-state index in [9.17, 15) is 4.79 Å². The van der Waals surface area contributed by atoms with Gasteiger partial charge in [-0.05, 0) is 24.3 Å². The smallest absolute Gasteiger partial charge is 0.259 e. The molecule has 2 aromatic carbocycles. The summed E-state index contributed by atoms with van der Waals surface area (Å²) >= 11 is 0. The number of hydrogen-bond acceptors (Lipinski definition) is 3. The molecule has 0 fully saturated rings. The van der Waals surface area contributed by atoms with Crippen molar-refractivity contribution >= 4 is 11.6 Å². The van der Waals surface area contributed by atoms with Crippen molar-refractivity contribution in [1.29, 1.82) is 0 Å². The summed E-state index contributed by atoms with van der Waals surface area (Å²) in [6.45, 7) is 0. The van der Waals surface area contributed by atoms with Gasteiger partial charge in [-0.3, -0.25) is 9.78 Å². The van der Waals surface area contributed by atoms with Crippen LogP contribution in [0.2, 0.25) is 0 Å². The fourth-order valence-corrected chi connectivity index (χ4v) is 2.28. The summed E-state index contributed by atoms with van der Waals surface area (Å²) in [5.41, 5.74) is 3.03. The van der Waals surface area contributed by atoms with Crippen LogP contribution in [0.15, 0.2) is 72.9 Å². The first-order chi connectivity index (χ1) is 11.3. The average Bonchev–Trinajstić information content (AvgIpc) is 2.63. The lowest BCUT2D eigenvalue weighted by Crippen LogP contribution is -2.13. The predicted octanol–water partition coefficient (Wildman–Crippen LogP) is 4.01. The number of nitrogens with zero attached hydrogens (tertiary/aromatic N) is 1. The summed E-state index contributed by atoms with van der Waals surface area (Å²) < 4.78 is 5.20. The van der Waals surface area contributed by atoms with Crippen molar-refractivity contribution in [1.82, 2.24) is 4.98 Å². The Labute approximate surface area is 134 Å². The highest BCUT2D eigenvalue weighted by molar-refractivity contribution is 6.06. The molecule has 4 nitrogen and oxygen atoms in total. The number of methoxy groups -OCH3 is 1. The zero-order chi connectivity index (χ0) is 16.1. The fraction of sp³-hybridized carbons (Fsp3) is 0.0526. The minimum Gasteiger partial charge on any atom is -0.496 e. The van der Waals surface area contributed by atoms with Gasteiger partial charge < -0.3 is 10.1 Å². The van der Waals surface area contributed by atoms with Gasteiger partial charge in [-0.25, -0.2) is 0 Å². The Balaban J connectivity index is 1.77. The number of ether oxygens (including phenoxy) is 1. The second kappa shape index (κ2) is 6.75. The van der Waals surface area contributed by atoms with Gasteiger partial charge in [-0.1, -0.05) is 42.5 Å². The van der Waals surface area contributed by atoms with E-state index in [2.05, 4.69) is 10.3 Å². The molecule has 23 heavy (non-hydrogen) atoms. The van der Waals surface area contributed by atoms with Gasteiger partial charge in [0.05, 0.1) is 30.3 Å². The number of amides is 1. The van der Waals surface area contributed by atoms with E-state index in [1.165, 1.54) is 0 Å². The first kappa shape index (κ1) is 14.8. The van der Waals surface area contributed by atoms with Crippen LogP contribution in [-0.2, 0) is 0 Å². The molecule has 1 aromatic heterocycles. The Hall–Kier alpha value is -3.14. The molecule has 0 atom stereocenters. The van der Waals surface area contributed by atoms with E-state index in [1.807, 2.05) is 48.5 Å². The van der Waals surface area contributed by atoms with Crippen LogP contribution in [0.5, 0.6) is 5.75 Å². The number of carbonyl (C=O) groups excluding carboxylic acids is 1. The van der Waals surface area contributed by atoms with Crippen LogP contribution in [0.25, 0.3) is 11.3 Å². The van der Waals surface area contributed by atoms with Crippen LogP contribution in [0.1, 0.15) is 10.4 Å². The van der Waals surface area contributed by atoms with Crippen molar-refractivity contribution in [2.24, 2.45) is 0 Å². The summed E-state index contributed by atoms with van der Waals surface area (Å²) in [6, 6.07) is 20.7. The number of aromatic nitrogens is 1. The third-order valence-corrected chi connectivity index (χ3v) is 3.44. The summed E-state index contributed by atoms with van der Waals surface area (Å²) in [7, 11) is 1.54. The molecule has 3 aromatic rings. The Morgan fingerprint density at radius 1 is 0.957 bits per heavy atom. The SMILES string of the molecule is COc1ccccc1C(=O)Nc1ccc(-c2ccccc2)nc1. The van der Waals surface area contributed by atoms with Crippen LogP contribution in [0.4, 0.5) is 5.69 Å². The molecule has 0 aliphatic rings. The summed E-state index contributed by atoms with van der Waals surface area (Å²) in [6.07, 6.45) is 1.65. The summed E-state index contributed by atoms with van der Waals surface area (Å²) in [5.74, 6) is 0.315. The molecule has 0 spiro atoms. The third kappa shape index (κ3) is 3.37. The van der Waals surface area contributed by atoms with Crippen molar-refractivity contribution in [3.63, 3.8) is 0 Å². The molecule has 3 rings (SSSR count). The van der Waals surface area contributed by atoms with E-state index in [4.69, 9.17) is 4.74 Å². The number of para-hydroxylation sites is 1. The van der Waals surface area contributed by atoms with Crippen molar-refractivity contribution in [3.05, 3.63) is 78.5 Å². The van der Waals surface area contributed by atoms with Crippen molar-refractivity contribution < 1.29 is 9.53 Å². The number of carbonyl (C=O) groups is 1. The highest BCUT2D eigenvalue weighted by Gasteiger charge is 2.11. The molecule has 1 heterocycles. The molecular weight excluding hydrogens is 288 g/mol. The van der Waals surface area contributed by atoms with Gasteiger partial charge in [0.25, 0.3) is 5.91 Å². The zero-order valence-corrected chi connectivity index (χ0v) is 12.7. The van der Waals surface area contributed by atoms with Gasteiger partial charge in [-0.15, -0.1) is 0 Å². The molecule has 0 aliphatic heterocycles. The Morgan fingerprint density at radius 2 is 1.70 bits per heavy atom. The quantitative estimate of drug-likeness (QED) is 0.792. The first-order valence-electron chi connectivity index (χ1n) is 7.24. The first-order valence-corrected chi connectivity index (χ1v) is 7.24. The molecular formula is C19H16N2O2. The molecule has 0 saturated carbocycles.